The second-order valence-corrected chi connectivity index (χ2v) is 4.03. The molecule has 1 saturated heterocycles. The van der Waals surface area contributed by atoms with E-state index in [1.807, 2.05) is 0 Å². The standard InChI is InChI=1S/C12H23NO4/c1-2-5-13-6-8-15-9-10-17-12(14)11-4-3-7-16-11/h11,13H,2-10H2,1H3. The van der Waals surface area contributed by atoms with Crippen LogP contribution in [0.4, 0.5) is 0 Å². The Morgan fingerprint density at radius 3 is 2.94 bits per heavy atom. The molecule has 0 spiro atoms. The van der Waals surface area contributed by atoms with Gasteiger partial charge in [0.1, 0.15) is 6.61 Å². The van der Waals surface area contributed by atoms with E-state index in [0.29, 0.717) is 26.4 Å². The zero-order valence-corrected chi connectivity index (χ0v) is 10.6. The predicted octanol–water partition coefficient (Wildman–Crippen LogP) is 0.725. The van der Waals surface area contributed by atoms with Crippen LogP contribution in [0.25, 0.3) is 0 Å². The molecular weight excluding hydrogens is 222 g/mol. The molecule has 0 aromatic heterocycles. The van der Waals surface area contributed by atoms with Crippen LogP contribution in [0.3, 0.4) is 0 Å². The molecule has 17 heavy (non-hydrogen) atoms. The van der Waals surface area contributed by atoms with E-state index in [1.165, 1.54) is 0 Å². The SMILES string of the molecule is CCCNCCOCCOC(=O)C1CCCO1. The minimum atomic E-state index is -0.346. The lowest BCUT2D eigenvalue weighted by Crippen LogP contribution is -2.25. The molecule has 5 heteroatoms. The molecule has 1 heterocycles. The Kier molecular flexibility index (Phi) is 7.96. The van der Waals surface area contributed by atoms with Gasteiger partial charge in [-0.1, -0.05) is 6.92 Å². The van der Waals surface area contributed by atoms with Gasteiger partial charge >= 0.3 is 5.97 Å². The van der Waals surface area contributed by atoms with Crippen LogP contribution in [0.1, 0.15) is 26.2 Å². The van der Waals surface area contributed by atoms with Crippen molar-refractivity contribution in [1.29, 1.82) is 0 Å². The lowest BCUT2D eigenvalue weighted by molar-refractivity contribution is -0.155. The second kappa shape index (κ2) is 9.39. The fraction of sp³-hybridized carbons (Fsp3) is 0.917. The maximum atomic E-state index is 11.4. The third-order valence-electron chi connectivity index (χ3n) is 2.51. The summed E-state index contributed by atoms with van der Waals surface area (Å²) in [5.41, 5.74) is 0. The molecule has 1 unspecified atom stereocenters. The lowest BCUT2D eigenvalue weighted by atomic mass is 10.2. The molecule has 0 radical (unpaired) electrons. The van der Waals surface area contributed by atoms with Crippen molar-refractivity contribution >= 4 is 5.97 Å². The average Bonchev–Trinajstić information content (AvgIpc) is 2.86. The maximum absolute atomic E-state index is 11.4. The Morgan fingerprint density at radius 2 is 2.24 bits per heavy atom. The zero-order chi connectivity index (χ0) is 12.3. The molecule has 0 amide bonds. The van der Waals surface area contributed by atoms with Gasteiger partial charge in [0.2, 0.25) is 0 Å². The van der Waals surface area contributed by atoms with Crippen LogP contribution in [0.15, 0.2) is 0 Å². The normalized spacial score (nSPS) is 19.5. The van der Waals surface area contributed by atoms with Gasteiger partial charge in [0.05, 0.1) is 13.2 Å². The number of esters is 1. The first-order valence-corrected chi connectivity index (χ1v) is 6.41. The molecule has 0 aliphatic carbocycles. The summed E-state index contributed by atoms with van der Waals surface area (Å²) in [6, 6.07) is 0. The maximum Gasteiger partial charge on any atom is 0.335 e. The van der Waals surface area contributed by atoms with Crippen molar-refractivity contribution < 1.29 is 19.0 Å². The molecule has 1 atom stereocenters. The number of ether oxygens (including phenoxy) is 3. The molecule has 1 N–H and O–H groups in total. The van der Waals surface area contributed by atoms with Gasteiger partial charge in [-0.05, 0) is 25.8 Å². The van der Waals surface area contributed by atoms with Crippen molar-refractivity contribution in [1.82, 2.24) is 5.32 Å². The first kappa shape index (κ1) is 14.4. The van der Waals surface area contributed by atoms with E-state index < -0.39 is 0 Å². The summed E-state index contributed by atoms with van der Waals surface area (Å²) < 4.78 is 15.6. The molecule has 100 valence electrons. The van der Waals surface area contributed by atoms with Gasteiger partial charge in [-0.2, -0.15) is 0 Å². The van der Waals surface area contributed by atoms with Crippen LogP contribution in [0, 0.1) is 0 Å². The van der Waals surface area contributed by atoms with E-state index in [9.17, 15) is 4.79 Å². The molecule has 0 aromatic carbocycles. The van der Waals surface area contributed by atoms with Crippen LogP contribution < -0.4 is 5.32 Å². The third-order valence-corrected chi connectivity index (χ3v) is 2.51. The van der Waals surface area contributed by atoms with Crippen LogP contribution in [-0.4, -0.2) is 51.6 Å². The predicted molar refractivity (Wildman–Crippen MR) is 63.9 cm³/mol. The van der Waals surface area contributed by atoms with Gasteiger partial charge in [-0.25, -0.2) is 4.79 Å². The van der Waals surface area contributed by atoms with Gasteiger partial charge in [0.15, 0.2) is 6.10 Å². The molecule has 1 aliphatic heterocycles. The van der Waals surface area contributed by atoms with Gasteiger partial charge in [0, 0.05) is 13.2 Å². The van der Waals surface area contributed by atoms with E-state index in [4.69, 9.17) is 14.2 Å². The molecule has 0 aromatic rings. The largest absolute Gasteiger partial charge is 0.461 e. The molecule has 0 bridgehead atoms. The van der Waals surface area contributed by atoms with Gasteiger partial charge in [-0.3, -0.25) is 0 Å². The summed E-state index contributed by atoms with van der Waals surface area (Å²) in [7, 11) is 0. The number of carbonyl (C=O) groups excluding carboxylic acids is 1. The Hall–Kier alpha value is -0.650. The first-order valence-electron chi connectivity index (χ1n) is 6.41. The van der Waals surface area contributed by atoms with E-state index in [0.717, 1.165) is 32.4 Å². The van der Waals surface area contributed by atoms with Crippen molar-refractivity contribution in [2.45, 2.75) is 32.3 Å². The van der Waals surface area contributed by atoms with E-state index in [-0.39, 0.29) is 12.1 Å². The minimum Gasteiger partial charge on any atom is -0.461 e. The first-order chi connectivity index (χ1) is 8.34. The molecule has 0 saturated carbocycles. The number of carbonyl (C=O) groups is 1. The highest BCUT2D eigenvalue weighted by atomic mass is 16.6. The highest BCUT2D eigenvalue weighted by Crippen LogP contribution is 2.12. The van der Waals surface area contributed by atoms with Crippen LogP contribution in [0.5, 0.6) is 0 Å². The Labute approximate surface area is 103 Å². The highest BCUT2D eigenvalue weighted by molar-refractivity contribution is 5.74. The average molecular weight is 245 g/mol. The molecule has 1 rings (SSSR count). The van der Waals surface area contributed by atoms with E-state index in [1.54, 1.807) is 0 Å². The highest BCUT2D eigenvalue weighted by Gasteiger charge is 2.24. The van der Waals surface area contributed by atoms with Crippen molar-refractivity contribution in [3.05, 3.63) is 0 Å². The summed E-state index contributed by atoms with van der Waals surface area (Å²) >= 11 is 0. The Balaban J connectivity index is 1.85. The second-order valence-electron chi connectivity index (χ2n) is 4.03. The monoisotopic (exact) mass is 245 g/mol. The number of nitrogens with one attached hydrogen (secondary N) is 1. The quantitative estimate of drug-likeness (QED) is 0.479. The fourth-order valence-corrected chi connectivity index (χ4v) is 1.61. The van der Waals surface area contributed by atoms with Crippen molar-refractivity contribution in [3.63, 3.8) is 0 Å². The van der Waals surface area contributed by atoms with Crippen molar-refractivity contribution in [3.8, 4) is 0 Å². The lowest BCUT2D eigenvalue weighted by Gasteiger charge is -2.10. The van der Waals surface area contributed by atoms with Crippen molar-refractivity contribution in [2.75, 3.05) is 39.5 Å². The third kappa shape index (κ3) is 6.61. The minimum absolute atomic E-state index is 0.254. The smallest absolute Gasteiger partial charge is 0.335 e. The summed E-state index contributed by atoms with van der Waals surface area (Å²) in [5.74, 6) is -0.254. The Bertz CT molecular complexity index is 205. The van der Waals surface area contributed by atoms with E-state index >= 15 is 0 Å². The Morgan fingerprint density at radius 1 is 1.35 bits per heavy atom. The fourth-order valence-electron chi connectivity index (χ4n) is 1.61. The van der Waals surface area contributed by atoms with Crippen LogP contribution in [-0.2, 0) is 19.0 Å². The zero-order valence-electron chi connectivity index (χ0n) is 10.6. The van der Waals surface area contributed by atoms with Crippen LogP contribution >= 0.6 is 0 Å². The summed E-state index contributed by atoms with van der Waals surface area (Å²) in [4.78, 5) is 11.4. The van der Waals surface area contributed by atoms with Gasteiger partial charge in [0.25, 0.3) is 0 Å². The summed E-state index contributed by atoms with van der Waals surface area (Å²) in [5, 5.41) is 3.23. The van der Waals surface area contributed by atoms with Gasteiger partial charge in [-0.15, -0.1) is 0 Å². The van der Waals surface area contributed by atoms with Crippen molar-refractivity contribution in [2.24, 2.45) is 0 Å². The molecule has 1 aliphatic rings. The van der Waals surface area contributed by atoms with E-state index in [2.05, 4.69) is 12.2 Å². The number of hydrogen-bond donors (Lipinski definition) is 1. The summed E-state index contributed by atoms with van der Waals surface area (Å²) in [6.07, 6.45) is 2.50. The number of hydrogen-bond acceptors (Lipinski definition) is 5. The number of rotatable bonds is 9. The van der Waals surface area contributed by atoms with Crippen LogP contribution in [0.2, 0.25) is 0 Å². The molecule has 1 fully saturated rings. The van der Waals surface area contributed by atoms with Gasteiger partial charge < -0.3 is 19.5 Å². The molecular formula is C12H23NO4. The summed E-state index contributed by atoms with van der Waals surface area (Å²) in [6.45, 7) is 6.05. The molecule has 5 nitrogen and oxygen atoms in total. The topological polar surface area (TPSA) is 56.8 Å².